The summed E-state index contributed by atoms with van der Waals surface area (Å²) in [6.07, 6.45) is 3.44. The predicted octanol–water partition coefficient (Wildman–Crippen LogP) is 1.23. The molecule has 0 fully saturated rings. The molecule has 0 aliphatic rings. The fourth-order valence-corrected chi connectivity index (χ4v) is 1.25. The lowest BCUT2D eigenvalue weighted by molar-refractivity contribution is 0.213. The molecule has 0 saturated heterocycles. The van der Waals surface area contributed by atoms with E-state index in [9.17, 15) is 5.11 Å². The predicted molar refractivity (Wildman–Crippen MR) is 54.0 cm³/mol. The van der Waals surface area contributed by atoms with E-state index in [0.29, 0.717) is 0 Å². The van der Waals surface area contributed by atoms with Gasteiger partial charge in [-0.2, -0.15) is 0 Å². The largest absolute Gasteiger partial charge is 0.395 e. The standard InChI is InChI=1S/C10H13N3O/c1-10(2,6-14)9-12-7-3-4-11-5-8(7)13-9/h3-5,14H,6H2,1-2H3,(H,12,13). The molecular formula is C10H13N3O. The molecule has 0 aliphatic heterocycles. The van der Waals surface area contributed by atoms with Crippen LogP contribution < -0.4 is 0 Å². The first-order chi connectivity index (χ1) is 6.63. The maximum Gasteiger partial charge on any atom is 0.115 e. The van der Waals surface area contributed by atoms with Crippen molar-refractivity contribution in [1.29, 1.82) is 0 Å². The van der Waals surface area contributed by atoms with E-state index in [1.807, 2.05) is 19.9 Å². The van der Waals surface area contributed by atoms with Gasteiger partial charge in [-0.15, -0.1) is 0 Å². The third-order valence-corrected chi connectivity index (χ3v) is 2.32. The molecule has 2 heterocycles. The fraction of sp³-hybridized carbons (Fsp3) is 0.400. The van der Waals surface area contributed by atoms with Gasteiger partial charge in [0.05, 0.1) is 23.8 Å². The summed E-state index contributed by atoms with van der Waals surface area (Å²) in [5.74, 6) is 0.794. The van der Waals surface area contributed by atoms with Crippen LogP contribution in [0.2, 0.25) is 0 Å². The van der Waals surface area contributed by atoms with Crippen LogP contribution in [0.5, 0.6) is 0 Å². The van der Waals surface area contributed by atoms with Crippen molar-refractivity contribution in [1.82, 2.24) is 15.0 Å². The molecule has 0 atom stereocenters. The van der Waals surface area contributed by atoms with E-state index in [4.69, 9.17) is 0 Å². The summed E-state index contributed by atoms with van der Waals surface area (Å²) in [6, 6.07) is 1.85. The Morgan fingerprint density at radius 3 is 2.93 bits per heavy atom. The molecule has 2 N–H and O–H groups in total. The Bertz CT molecular complexity index is 414. The van der Waals surface area contributed by atoms with Gasteiger partial charge in [0.25, 0.3) is 0 Å². The Labute approximate surface area is 82.0 Å². The van der Waals surface area contributed by atoms with Crippen molar-refractivity contribution in [2.24, 2.45) is 0 Å². The maximum absolute atomic E-state index is 9.20. The molecule has 0 aromatic carbocycles. The Balaban J connectivity index is 2.55. The molecule has 14 heavy (non-hydrogen) atoms. The van der Waals surface area contributed by atoms with Gasteiger partial charge in [-0.3, -0.25) is 4.98 Å². The highest BCUT2D eigenvalue weighted by molar-refractivity contribution is 5.73. The van der Waals surface area contributed by atoms with Crippen LogP contribution >= 0.6 is 0 Å². The van der Waals surface area contributed by atoms with Gasteiger partial charge in [-0.1, -0.05) is 13.8 Å². The van der Waals surface area contributed by atoms with Crippen molar-refractivity contribution < 1.29 is 5.11 Å². The van der Waals surface area contributed by atoms with Gasteiger partial charge < -0.3 is 10.1 Å². The average Bonchev–Trinajstić information content (AvgIpc) is 2.61. The number of fused-ring (bicyclic) bond motifs is 1. The molecule has 74 valence electrons. The summed E-state index contributed by atoms with van der Waals surface area (Å²) in [5.41, 5.74) is 1.46. The van der Waals surface area contributed by atoms with E-state index < -0.39 is 0 Å². The molecule has 0 bridgehead atoms. The van der Waals surface area contributed by atoms with Crippen molar-refractivity contribution in [3.8, 4) is 0 Å². The van der Waals surface area contributed by atoms with E-state index in [1.165, 1.54) is 0 Å². The van der Waals surface area contributed by atoms with Gasteiger partial charge in [0.2, 0.25) is 0 Å². The lowest BCUT2D eigenvalue weighted by Crippen LogP contribution is -2.23. The summed E-state index contributed by atoms with van der Waals surface area (Å²) in [7, 11) is 0. The average molecular weight is 191 g/mol. The molecule has 0 spiro atoms. The number of pyridine rings is 1. The van der Waals surface area contributed by atoms with Crippen LogP contribution in [0.25, 0.3) is 11.0 Å². The minimum absolute atomic E-state index is 0.0697. The molecule has 0 radical (unpaired) electrons. The van der Waals surface area contributed by atoms with Gasteiger partial charge in [-0.05, 0) is 6.07 Å². The number of imidazole rings is 1. The van der Waals surface area contributed by atoms with Crippen molar-refractivity contribution in [3.63, 3.8) is 0 Å². The number of hydrogen-bond donors (Lipinski definition) is 2. The topological polar surface area (TPSA) is 61.8 Å². The number of hydrogen-bond acceptors (Lipinski definition) is 3. The Morgan fingerprint density at radius 2 is 2.29 bits per heavy atom. The van der Waals surface area contributed by atoms with Crippen molar-refractivity contribution >= 4 is 11.0 Å². The van der Waals surface area contributed by atoms with Crippen LogP contribution in [0.4, 0.5) is 0 Å². The molecular weight excluding hydrogens is 178 g/mol. The lowest BCUT2D eigenvalue weighted by atomic mass is 9.94. The highest BCUT2D eigenvalue weighted by Gasteiger charge is 2.23. The number of aromatic amines is 1. The minimum atomic E-state index is -0.334. The Kier molecular flexibility index (Phi) is 2.00. The normalized spacial score (nSPS) is 12.2. The quantitative estimate of drug-likeness (QED) is 0.750. The van der Waals surface area contributed by atoms with Crippen LogP contribution in [0.15, 0.2) is 18.5 Å². The van der Waals surface area contributed by atoms with Gasteiger partial charge in [0.1, 0.15) is 5.82 Å². The number of rotatable bonds is 2. The fourth-order valence-electron chi connectivity index (χ4n) is 1.25. The number of nitrogens with zero attached hydrogens (tertiary/aromatic N) is 2. The van der Waals surface area contributed by atoms with Crippen molar-refractivity contribution in [2.45, 2.75) is 19.3 Å². The molecule has 2 rings (SSSR count). The van der Waals surface area contributed by atoms with Crippen LogP contribution in [-0.2, 0) is 5.41 Å². The van der Waals surface area contributed by atoms with Crippen LogP contribution in [0, 0.1) is 0 Å². The molecule has 2 aromatic heterocycles. The third-order valence-electron chi connectivity index (χ3n) is 2.32. The van der Waals surface area contributed by atoms with Crippen molar-refractivity contribution in [3.05, 3.63) is 24.3 Å². The number of aromatic nitrogens is 3. The Morgan fingerprint density at radius 1 is 1.50 bits per heavy atom. The zero-order chi connectivity index (χ0) is 10.2. The van der Waals surface area contributed by atoms with Crippen LogP contribution in [-0.4, -0.2) is 26.7 Å². The number of aliphatic hydroxyl groups excluding tert-OH is 1. The second-order valence-corrected chi connectivity index (χ2v) is 4.02. The maximum atomic E-state index is 9.20. The highest BCUT2D eigenvalue weighted by Crippen LogP contribution is 2.21. The second-order valence-electron chi connectivity index (χ2n) is 4.02. The van der Waals surface area contributed by atoms with E-state index in [1.54, 1.807) is 12.4 Å². The smallest absolute Gasteiger partial charge is 0.115 e. The van der Waals surface area contributed by atoms with E-state index in [2.05, 4.69) is 15.0 Å². The number of H-pyrrole nitrogens is 1. The zero-order valence-corrected chi connectivity index (χ0v) is 8.28. The van der Waals surface area contributed by atoms with Crippen LogP contribution in [0.1, 0.15) is 19.7 Å². The van der Waals surface area contributed by atoms with Crippen LogP contribution in [0.3, 0.4) is 0 Å². The summed E-state index contributed by atoms with van der Waals surface area (Å²) < 4.78 is 0. The molecule has 4 heteroatoms. The summed E-state index contributed by atoms with van der Waals surface area (Å²) in [5, 5.41) is 9.20. The summed E-state index contributed by atoms with van der Waals surface area (Å²) in [6.45, 7) is 3.95. The Hall–Kier alpha value is -1.42. The molecule has 0 saturated carbocycles. The first-order valence-electron chi connectivity index (χ1n) is 4.54. The monoisotopic (exact) mass is 191 g/mol. The molecule has 0 unspecified atom stereocenters. The first kappa shape index (κ1) is 9.15. The van der Waals surface area contributed by atoms with Gasteiger partial charge >= 0.3 is 0 Å². The zero-order valence-electron chi connectivity index (χ0n) is 8.28. The van der Waals surface area contributed by atoms with E-state index in [-0.39, 0.29) is 12.0 Å². The summed E-state index contributed by atoms with van der Waals surface area (Å²) >= 11 is 0. The highest BCUT2D eigenvalue weighted by atomic mass is 16.3. The van der Waals surface area contributed by atoms with Gasteiger partial charge in [0, 0.05) is 11.6 Å². The van der Waals surface area contributed by atoms with E-state index in [0.717, 1.165) is 16.9 Å². The molecule has 0 amide bonds. The summed E-state index contributed by atoms with van der Waals surface area (Å²) in [4.78, 5) is 11.6. The second kappa shape index (κ2) is 3.06. The third kappa shape index (κ3) is 1.37. The lowest BCUT2D eigenvalue weighted by Gasteiger charge is -2.17. The molecule has 0 aliphatic carbocycles. The SMILES string of the molecule is CC(C)(CO)c1nc2ccncc2[nH]1. The molecule has 2 aromatic rings. The van der Waals surface area contributed by atoms with Crippen molar-refractivity contribution in [2.75, 3.05) is 6.61 Å². The minimum Gasteiger partial charge on any atom is -0.395 e. The van der Waals surface area contributed by atoms with E-state index >= 15 is 0 Å². The number of aliphatic hydroxyl groups is 1. The van der Waals surface area contributed by atoms with Gasteiger partial charge in [-0.25, -0.2) is 4.98 Å². The number of nitrogens with one attached hydrogen (secondary N) is 1. The molecule has 4 nitrogen and oxygen atoms in total. The van der Waals surface area contributed by atoms with Gasteiger partial charge in [0.15, 0.2) is 0 Å². The first-order valence-corrected chi connectivity index (χ1v) is 4.54.